The Morgan fingerprint density at radius 3 is 2.53 bits per heavy atom. The van der Waals surface area contributed by atoms with Gasteiger partial charge in [-0.2, -0.15) is 0 Å². The van der Waals surface area contributed by atoms with Crippen molar-refractivity contribution < 1.29 is 28.6 Å². The van der Waals surface area contributed by atoms with Gasteiger partial charge in [0.2, 0.25) is 0 Å². The molecule has 7 nitrogen and oxygen atoms in total. The molecule has 0 radical (unpaired) electrons. The number of aliphatic hydroxyl groups excluding tert-OH is 1. The summed E-state index contributed by atoms with van der Waals surface area (Å²) in [6, 6.07) is 12.8. The molecule has 4 rings (SSSR count). The van der Waals surface area contributed by atoms with Gasteiger partial charge in [-0.25, -0.2) is 13.8 Å². The Morgan fingerprint density at radius 2 is 1.86 bits per heavy atom. The van der Waals surface area contributed by atoms with Gasteiger partial charge in [0.25, 0.3) is 17.7 Å². The summed E-state index contributed by atoms with van der Waals surface area (Å²) in [4.78, 5) is 31.3. The van der Waals surface area contributed by atoms with Crippen LogP contribution in [0.5, 0.6) is 0 Å². The van der Waals surface area contributed by atoms with Crippen LogP contribution in [0.4, 0.5) is 20.3 Å². The highest BCUT2D eigenvalue weighted by Gasteiger charge is 2.56. The van der Waals surface area contributed by atoms with E-state index in [0.717, 1.165) is 16.0 Å². The van der Waals surface area contributed by atoms with Gasteiger partial charge in [-0.15, -0.1) is 0 Å². The molecule has 0 fully saturated rings. The van der Waals surface area contributed by atoms with Crippen molar-refractivity contribution in [3.8, 4) is 0 Å². The number of aliphatic hydroxyl groups is 2. The first-order chi connectivity index (χ1) is 17.0. The molecule has 1 aliphatic rings. The molecule has 1 aliphatic heterocycles. The van der Waals surface area contributed by atoms with Gasteiger partial charge in [-0.05, 0) is 56.2 Å². The lowest BCUT2D eigenvalue weighted by atomic mass is 9.85. The molecule has 0 saturated heterocycles. The van der Waals surface area contributed by atoms with Crippen molar-refractivity contribution in [3.63, 3.8) is 0 Å². The van der Waals surface area contributed by atoms with E-state index in [1.165, 1.54) is 30.5 Å². The van der Waals surface area contributed by atoms with Crippen LogP contribution < -0.4 is 10.2 Å². The maximum Gasteiger partial charge on any atom is 0.284 e. The number of hydrogen-bond donors (Lipinski definition) is 3. The second-order valence-electron chi connectivity index (χ2n) is 9.08. The molecule has 1 atom stereocenters. The van der Waals surface area contributed by atoms with Gasteiger partial charge in [-0.3, -0.25) is 9.59 Å². The minimum Gasteiger partial charge on any atom is -0.393 e. The van der Waals surface area contributed by atoms with Crippen LogP contribution in [0, 0.1) is 20.8 Å². The van der Waals surface area contributed by atoms with Gasteiger partial charge in [0.1, 0.15) is 5.82 Å². The highest BCUT2D eigenvalue weighted by atomic mass is 19.3. The van der Waals surface area contributed by atoms with Crippen LogP contribution in [0.15, 0.2) is 54.7 Å². The third kappa shape index (κ3) is 4.36. The standard InChI is InChI=1S/C27H27F2N3O4/c1-16-7-9-22-21(13-16)26(36,15-33)27(28,29)11-12-32(22)25(35)19-8-10-23(30-14-19)31-24(34)20-6-4-5-17(2)18(20)3/h4-10,13-14,33,36H,11-12,15H2,1-3H3,(H,30,31,34). The molecular weight excluding hydrogens is 468 g/mol. The first-order valence-corrected chi connectivity index (χ1v) is 11.5. The predicted octanol–water partition coefficient (Wildman–Crippen LogP) is 4.12. The molecule has 0 spiro atoms. The SMILES string of the molecule is Cc1ccc2c(c1)C(O)(CO)C(F)(F)CCN2C(=O)c1ccc(NC(=O)c2cccc(C)c2C)nc1. The van der Waals surface area contributed by atoms with Gasteiger partial charge in [0.05, 0.1) is 17.9 Å². The first kappa shape index (κ1) is 25.4. The summed E-state index contributed by atoms with van der Waals surface area (Å²) < 4.78 is 29.9. The van der Waals surface area contributed by atoms with Crippen LogP contribution >= 0.6 is 0 Å². The minimum atomic E-state index is -3.67. The van der Waals surface area contributed by atoms with Crippen molar-refractivity contribution in [1.29, 1.82) is 0 Å². The Morgan fingerprint density at radius 1 is 1.11 bits per heavy atom. The molecular formula is C27H27F2N3O4. The topological polar surface area (TPSA) is 103 Å². The molecule has 3 aromatic rings. The monoisotopic (exact) mass is 495 g/mol. The minimum absolute atomic E-state index is 0.0895. The molecule has 2 amide bonds. The highest BCUT2D eigenvalue weighted by Crippen LogP contribution is 2.47. The fourth-order valence-corrected chi connectivity index (χ4v) is 4.34. The zero-order chi connectivity index (χ0) is 26.3. The number of halogens is 2. The number of amides is 2. The van der Waals surface area contributed by atoms with Crippen molar-refractivity contribution >= 4 is 23.3 Å². The number of alkyl halides is 2. The van der Waals surface area contributed by atoms with Crippen LogP contribution in [-0.2, 0) is 5.60 Å². The number of carbonyl (C=O) groups excluding carboxylic acids is 2. The van der Waals surface area contributed by atoms with E-state index in [2.05, 4.69) is 10.3 Å². The number of rotatable bonds is 4. The van der Waals surface area contributed by atoms with Crippen LogP contribution in [0.2, 0.25) is 0 Å². The first-order valence-electron chi connectivity index (χ1n) is 11.5. The second-order valence-corrected chi connectivity index (χ2v) is 9.08. The van der Waals surface area contributed by atoms with Gasteiger partial charge >= 0.3 is 0 Å². The molecule has 188 valence electrons. The van der Waals surface area contributed by atoms with E-state index in [0.29, 0.717) is 11.1 Å². The molecule has 3 N–H and O–H groups in total. The van der Waals surface area contributed by atoms with E-state index in [4.69, 9.17) is 0 Å². The number of anilines is 2. The number of aryl methyl sites for hydroxylation is 2. The normalized spacial score (nSPS) is 18.8. The number of pyridine rings is 1. The summed E-state index contributed by atoms with van der Waals surface area (Å²) in [5.41, 5.74) is 0.0764. The Hall–Kier alpha value is -3.69. The third-order valence-electron chi connectivity index (χ3n) is 6.72. The lowest BCUT2D eigenvalue weighted by Crippen LogP contribution is -2.48. The molecule has 2 heterocycles. The lowest BCUT2D eigenvalue weighted by Gasteiger charge is -2.33. The highest BCUT2D eigenvalue weighted by molar-refractivity contribution is 6.07. The van der Waals surface area contributed by atoms with Gasteiger partial charge in [-0.1, -0.05) is 29.8 Å². The van der Waals surface area contributed by atoms with Gasteiger partial charge < -0.3 is 20.4 Å². The molecule has 0 bridgehead atoms. The number of aromatic nitrogens is 1. The van der Waals surface area contributed by atoms with Crippen LogP contribution in [0.1, 0.15) is 49.4 Å². The summed E-state index contributed by atoms with van der Waals surface area (Å²) in [6.45, 7) is 3.85. The predicted molar refractivity (Wildman–Crippen MR) is 132 cm³/mol. The summed E-state index contributed by atoms with van der Waals surface area (Å²) in [5, 5.41) is 23.2. The number of nitrogens with zero attached hydrogens (tertiary/aromatic N) is 2. The summed E-state index contributed by atoms with van der Waals surface area (Å²) in [7, 11) is 0. The largest absolute Gasteiger partial charge is 0.393 e. The number of fused-ring (bicyclic) bond motifs is 1. The smallest absolute Gasteiger partial charge is 0.284 e. The van der Waals surface area contributed by atoms with Crippen molar-refractivity contribution in [2.45, 2.75) is 38.7 Å². The van der Waals surface area contributed by atoms with E-state index < -0.39 is 30.5 Å². The van der Waals surface area contributed by atoms with Crippen LogP contribution in [0.3, 0.4) is 0 Å². The number of hydrogen-bond acceptors (Lipinski definition) is 5. The van der Waals surface area contributed by atoms with Gasteiger partial charge in [0, 0.05) is 30.3 Å². The van der Waals surface area contributed by atoms with Gasteiger partial charge in [0.15, 0.2) is 5.60 Å². The molecule has 1 unspecified atom stereocenters. The summed E-state index contributed by atoms with van der Waals surface area (Å²) in [6.07, 6.45) is 0.414. The summed E-state index contributed by atoms with van der Waals surface area (Å²) >= 11 is 0. The average molecular weight is 496 g/mol. The Labute approximate surface area is 207 Å². The van der Waals surface area contributed by atoms with E-state index >= 15 is 0 Å². The number of benzene rings is 2. The van der Waals surface area contributed by atoms with E-state index in [1.54, 1.807) is 25.1 Å². The fourth-order valence-electron chi connectivity index (χ4n) is 4.34. The quantitative estimate of drug-likeness (QED) is 0.505. The van der Waals surface area contributed by atoms with E-state index in [-0.39, 0.29) is 35.1 Å². The molecule has 1 aromatic heterocycles. The number of carbonyl (C=O) groups is 2. The molecule has 2 aromatic carbocycles. The Kier molecular flexibility index (Phi) is 6.64. The van der Waals surface area contributed by atoms with E-state index in [1.807, 2.05) is 19.9 Å². The zero-order valence-electron chi connectivity index (χ0n) is 20.2. The van der Waals surface area contributed by atoms with Crippen molar-refractivity contribution in [2.75, 3.05) is 23.4 Å². The molecule has 0 aliphatic carbocycles. The molecule has 9 heteroatoms. The maximum absolute atomic E-state index is 14.9. The lowest BCUT2D eigenvalue weighted by molar-refractivity contribution is -0.205. The Bertz CT molecular complexity index is 1330. The molecule has 36 heavy (non-hydrogen) atoms. The van der Waals surface area contributed by atoms with Crippen molar-refractivity contribution in [1.82, 2.24) is 4.98 Å². The Balaban J connectivity index is 1.62. The van der Waals surface area contributed by atoms with Crippen LogP contribution in [-0.4, -0.2) is 46.1 Å². The summed E-state index contributed by atoms with van der Waals surface area (Å²) in [5.74, 6) is -4.38. The van der Waals surface area contributed by atoms with Crippen molar-refractivity contribution in [3.05, 3.63) is 88.1 Å². The van der Waals surface area contributed by atoms with Crippen LogP contribution in [0.25, 0.3) is 0 Å². The third-order valence-corrected chi connectivity index (χ3v) is 6.72. The zero-order valence-corrected chi connectivity index (χ0v) is 20.2. The number of nitrogens with one attached hydrogen (secondary N) is 1. The van der Waals surface area contributed by atoms with Crippen molar-refractivity contribution in [2.24, 2.45) is 0 Å². The fraction of sp³-hybridized carbons (Fsp3) is 0.296. The average Bonchev–Trinajstić information content (AvgIpc) is 2.93. The van der Waals surface area contributed by atoms with E-state index in [9.17, 15) is 28.6 Å². The second kappa shape index (κ2) is 9.40. The maximum atomic E-state index is 14.9. The molecule has 0 saturated carbocycles.